The van der Waals surface area contributed by atoms with E-state index in [1.54, 1.807) is 6.20 Å². The van der Waals surface area contributed by atoms with Crippen molar-refractivity contribution in [1.82, 2.24) is 25.2 Å². The molecule has 9 rings (SSSR count). The van der Waals surface area contributed by atoms with E-state index in [0.717, 1.165) is 35.7 Å². The van der Waals surface area contributed by atoms with Gasteiger partial charge in [0, 0.05) is 24.7 Å². The van der Waals surface area contributed by atoms with E-state index in [4.69, 9.17) is 19.2 Å². The van der Waals surface area contributed by atoms with Crippen molar-refractivity contribution in [3.8, 4) is 17.3 Å². The van der Waals surface area contributed by atoms with Gasteiger partial charge in [0.2, 0.25) is 0 Å². The van der Waals surface area contributed by atoms with Crippen molar-refractivity contribution in [2.45, 2.75) is 43.8 Å². The third-order valence-corrected chi connectivity index (χ3v) is 9.57. The number of aryl methyl sites for hydroxylation is 1. The Hall–Kier alpha value is -4.58. The van der Waals surface area contributed by atoms with E-state index in [9.17, 15) is 9.18 Å². The molecule has 0 aliphatic carbocycles. The normalized spacial score (nSPS) is 23.4. The number of hydrogen-bond donors (Lipinski definition) is 1. The SMILES string of the molecule is O=C1NC2=COCCN(C2)c2nc(OC[C@@]34CCCN3C[C@H](F)C4)nc3c(F)c(ncc23)-c2cccc3cccc(c23)CCCO1. The molecule has 2 atom stereocenters. The zero-order chi connectivity index (χ0) is 31.3. The van der Waals surface area contributed by atoms with Crippen molar-refractivity contribution in [2.24, 2.45) is 0 Å². The lowest BCUT2D eigenvalue weighted by Crippen LogP contribution is -2.43. The Morgan fingerprint density at radius 3 is 2.91 bits per heavy atom. The predicted octanol–water partition coefficient (Wildman–Crippen LogP) is 5.29. The third-order valence-electron chi connectivity index (χ3n) is 9.57. The van der Waals surface area contributed by atoms with Gasteiger partial charge >= 0.3 is 12.1 Å². The van der Waals surface area contributed by atoms with Crippen molar-refractivity contribution < 1.29 is 27.8 Å². The molecule has 5 aliphatic heterocycles. The molecule has 46 heavy (non-hydrogen) atoms. The summed E-state index contributed by atoms with van der Waals surface area (Å²) in [4.78, 5) is 30.8. The van der Waals surface area contributed by atoms with E-state index in [2.05, 4.69) is 20.2 Å². The lowest BCUT2D eigenvalue weighted by Gasteiger charge is -2.31. The molecule has 2 saturated heterocycles. The van der Waals surface area contributed by atoms with Crippen molar-refractivity contribution >= 4 is 33.6 Å². The Balaban J connectivity index is 1.29. The molecule has 0 unspecified atom stereocenters. The number of fused-ring (bicyclic) bond motifs is 7. The van der Waals surface area contributed by atoms with Crippen LogP contribution in [0.5, 0.6) is 6.01 Å². The number of rotatable bonds is 3. The van der Waals surface area contributed by atoms with Crippen LogP contribution in [0.15, 0.2) is 54.6 Å². The number of nitrogens with zero attached hydrogens (tertiary/aromatic N) is 5. The summed E-state index contributed by atoms with van der Waals surface area (Å²) in [5, 5.41) is 5.02. The molecule has 0 spiro atoms. The fourth-order valence-corrected chi connectivity index (χ4v) is 7.48. The smallest absolute Gasteiger partial charge is 0.411 e. The maximum absolute atomic E-state index is 16.9. The monoisotopic (exact) mass is 628 g/mol. The number of halogens is 2. The first-order chi connectivity index (χ1) is 22.5. The van der Waals surface area contributed by atoms with Gasteiger partial charge in [-0.05, 0) is 48.6 Å². The third kappa shape index (κ3) is 5.14. The minimum atomic E-state index is -0.911. The summed E-state index contributed by atoms with van der Waals surface area (Å²) in [6.45, 7) is 2.51. The average Bonchev–Trinajstić information content (AvgIpc) is 3.48. The number of carbonyl (C=O) groups excluding carboxylic acids is 1. The van der Waals surface area contributed by atoms with Crippen LogP contribution in [0, 0.1) is 5.82 Å². The number of aromatic nitrogens is 3. The molecule has 7 heterocycles. The van der Waals surface area contributed by atoms with E-state index in [1.165, 1.54) is 6.26 Å². The van der Waals surface area contributed by atoms with Crippen molar-refractivity contribution in [3.05, 3.63) is 65.9 Å². The fraction of sp³-hybridized carbons (Fsp3) is 0.412. The molecular weight excluding hydrogens is 594 g/mol. The number of amides is 1. The van der Waals surface area contributed by atoms with Gasteiger partial charge in [0.1, 0.15) is 42.7 Å². The van der Waals surface area contributed by atoms with E-state index >= 15 is 4.39 Å². The highest BCUT2D eigenvalue weighted by Gasteiger charge is 2.49. The van der Waals surface area contributed by atoms with Crippen molar-refractivity contribution in [3.63, 3.8) is 0 Å². The summed E-state index contributed by atoms with van der Waals surface area (Å²) in [7, 11) is 0. The molecule has 2 aromatic heterocycles. The molecule has 238 valence electrons. The van der Waals surface area contributed by atoms with Crippen LogP contribution in [0.25, 0.3) is 32.9 Å². The Bertz CT molecular complexity index is 1870. The number of pyridine rings is 1. The van der Waals surface area contributed by atoms with Crippen molar-refractivity contribution in [2.75, 3.05) is 50.9 Å². The van der Waals surface area contributed by atoms with Crippen LogP contribution in [-0.4, -0.2) is 83.7 Å². The number of nitrogens with one attached hydrogen (secondary N) is 1. The predicted molar refractivity (Wildman–Crippen MR) is 168 cm³/mol. The summed E-state index contributed by atoms with van der Waals surface area (Å²) < 4.78 is 48.8. The summed E-state index contributed by atoms with van der Waals surface area (Å²) >= 11 is 0. The topological polar surface area (TPSA) is 102 Å². The van der Waals surface area contributed by atoms with Gasteiger partial charge in [0.05, 0.1) is 36.3 Å². The molecule has 1 amide bonds. The summed E-state index contributed by atoms with van der Waals surface area (Å²) in [6, 6.07) is 11.7. The summed E-state index contributed by atoms with van der Waals surface area (Å²) in [6.07, 6.45) is 4.96. The Labute approximate surface area is 264 Å². The molecule has 0 saturated carbocycles. The second kappa shape index (κ2) is 11.7. The van der Waals surface area contributed by atoms with Gasteiger partial charge in [0.25, 0.3) is 0 Å². The number of alkyl carbamates (subject to hydrolysis) is 1. The van der Waals surface area contributed by atoms with Gasteiger partial charge in [-0.1, -0.05) is 36.4 Å². The van der Waals surface area contributed by atoms with E-state index in [1.807, 2.05) is 41.3 Å². The van der Waals surface area contributed by atoms with Gasteiger partial charge in [-0.15, -0.1) is 0 Å². The zero-order valence-corrected chi connectivity index (χ0v) is 25.3. The zero-order valence-electron chi connectivity index (χ0n) is 25.3. The Kier molecular flexibility index (Phi) is 7.31. The maximum atomic E-state index is 16.9. The quantitative estimate of drug-likeness (QED) is 0.324. The van der Waals surface area contributed by atoms with Gasteiger partial charge in [0.15, 0.2) is 5.82 Å². The Morgan fingerprint density at radius 2 is 2.00 bits per heavy atom. The lowest BCUT2D eigenvalue weighted by atomic mass is 9.94. The van der Waals surface area contributed by atoms with E-state index in [0.29, 0.717) is 61.4 Å². The van der Waals surface area contributed by atoms with E-state index in [-0.39, 0.29) is 37.0 Å². The van der Waals surface area contributed by atoms with Gasteiger partial charge in [-0.2, -0.15) is 9.97 Å². The molecule has 12 heteroatoms. The largest absolute Gasteiger partial charge is 0.497 e. The van der Waals surface area contributed by atoms with Crippen molar-refractivity contribution in [1.29, 1.82) is 0 Å². The van der Waals surface area contributed by atoms with E-state index < -0.39 is 23.6 Å². The molecular formula is C34H34F2N6O4. The fourth-order valence-electron chi connectivity index (χ4n) is 7.48. The summed E-state index contributed by atoms with van der Waals surface area (Å²) in [5.41, 5.74) is 1.92. The van der Waals surface area contributed by atoms with Gasteiger partial charge in [-0.3, -0.25) is 15.2 Å². The number of anilines is 1. The number of hydrogen-bond acceptors (Lipinski definition) is 9. The highest BCUT2D eigenvalue weighted by atomic mass is 19.1. The maximum Gasteiger partial charge on any atom is 0.411 e. The number of ether oxygens (including phenoxy) is 3. The molecule has 0 radical (unpaired) electrons. The molecule has 2 fully saturated rings. The van der Waals surface area contributed by atoms with Crippen LogP contribution >= 0.6 is 0 Å². The van der Waals surface area contributed by atoms with Crippen LogP contribution < -0.4 is 15.0 Å². The number of carbonyl (C=O) groups is 1. The molecule has 5 aliphatic rings. The van der Waals surface area contributed by atoms with Crippen LogP contribution in [-0.2, 0) is 15.9 Å². The second-order valence-corrected chi connectivity index (χ2v) is 12.5. The highest BCUT2D eigenvalue weighted by Crippen LogP contribution is 2.41. The molecule has 4 aromatic rings. The van der Waals surface area contributed by atoms with Crippen LogP contribution in [0.1, 0.15) is 31.2 Å². The van der Waals surface area contributed by atoms with Crippen LogP contribution in [0.3, 0.4) is 0 Å². The molecule has 2 aromatic carbocycles. The molecule has 10 nitrogen and oxygen atoms in total. The first kappa shape index (κ1) is 28.9. The van der Waals surface area contributed by atoms with Crippen LogP contribution in [0.4, 0.5) is 19.4 Å². The average molecular weight is 629 g/mol. The van der Waals surface area contributed by atoms with Gasteiger partial charge < -0.3 is 19.1 Å². The highest BCUT2D eigenvalue weighted by molar-refractivity contribution is 6.00. The van der Waals surface area contributed by atoms with Crippen LogP contribution in [0.2, 0.25) is 0 Å². The summed E-state index contributed by atoms with van der Waals surface area (Å²) in [5.74, 6) is -0.190. The number of alkyl halides is 1. The Morgan fingerprint density at radius 1 is 1.11 bits per heavy atom. The second-order valence-electron chi connectivity index (χ2n) is 12.5. The lowest BCUT2D eigenvalue weighted by molar-refractivity contribution is 0.107. The minimum Gasteiger partial charge on any atom is -0.497 e. The number of benzene rings is 2. The molecule has 6 bridgehead atoms. The minimum absolute atomic E-state index is 0.00155. The van der Waals surface area contributed by atoms with Gasteiger partial charge in [-0.25, -0.2) is 13.6 Å². The molecule has 1 N–H and O–H groups in total. The first-order valence-electron chi connectivity index (χ1n) is 15.9. The first-order valence-corrected chi connectivity index (χ1v) is 15.9. The standard InChI is InChI=1S/C34H34F2N6O4/c35-23-15-34(10-4-11-42(34)17-23)20-46-32-39-30-26-16-37-29(28(30)36)25-9-2-7-21-5-1-6-22(27(21)25)8-3-13-45-33(43)38-24-18-41(31(26)40-32)12-14-44-19-24/h1-2,5-7,9,16,19,23H,3-4,8,10-15,17-18,20H2,(H,38,43)/t23-,34+/m1/s1.